The Balaban J connectivity index is 1.16. The van der Waals surface area contributed by atoms with Gasteiger partial charge in [0.1, 0.15) is 5.01 Å². The van der Waals surface area contributed by atoms with Crippen molar-refractivity contribution in [1.29, 1.82) is 0 Å². The zero-order valence-corrected chi connectivity index (χ0v) is 24.3. The number of aryl methyl sites for hydroxylation is 1. The third-order valence-corrected chi connectivity index (χ3v) is 9.53. The molecule has 5 rings (SSSR count). The van der Waals surface area contributed by atoms with Crippen LogP contribution in [0, 0.1) is 5.92 Å². The SMILES string of the molecule is CCCCCCCc1ccc(-c2nn3cc(-c4ccc(C5CCC(CCCCC)CC5)cc4)nc3s2)cc1. The molecule has 2 aromatic carbocycles. The van der Waals surface area contributed by atoms with Crippen molar-refractivity contribution in [3.8, 4) is 21.8 Å². The summed E-state index contributed by atoms with van der Waals surface area (Å²) in [6, 6.07) is 18.2. The van der Waals surface area contributed by atoms with Gasteiger partial charge in [0.25, 0.3) is 0 Å². The Hall–Kier alpha value is -2.46. The fourth-order valence-electron chi connectivity index (χ4n) is 6.10. The minimum absolute atomic E-state index is 0.730. The highest BCUT2D eigenvalue weighted by atomic mass is 32.1. The lowest BCUT2D eigenvalue weighted by Gasteiger charge is -2.29. The predicted octanol–water partition coefficient (Wildman–Crippen LogP) is 10.5. The Morgan fingerprint density at radius 1 is 0.763 bits per heavy atom. The van der Waals surface area contributed by atoms with Gasteiger partial charge in [0.05, 0.1) is 11.9 Å². The summed E-state index contributed by atoms with van der Waals surface area (Å²) >= 11 is 1.67. The second-order valence-corrected chi connectivity index (χ2v) is 12.4. The van der Waals surface area contributed by atoms with Gasteiger partial charge in [-0.1, -0.05) is 125 Å². The molecule has 0 spiro atoms. The second kappa shape index (κ2) is 13.6. The van der Waals surface area contributed by atoms with Gasteiger partial charge in [0, 0.05) is 11.1 Å². The van der Waals surface area contributed by atoms with Crippen molar-refractivity contribution >= 4 is 16.3 Å². The Morgan fingerprint density at radius 3 is 2.16 bits per heavy atom. The van der Waals surface area contributed by atoms with Crippen molar-refractivity contribution < 1.29 is 0 Å². The Bertz CT molecular complexity index is 1210. The number of rotatable bonds is 13. The number of hydrogen-bond acceptors (Lipinski definition) is 3. The highest BCUT2D eigenvalue weighted by molar-refractivity contribution is 7.19. The summed E-state index contributed by atoms with van der Waals surface area (Å²) in [6.07, 6.45) is 21.0. The molecule has 0 unspecified atom stereocenters. The first-order valence-electron chi connectivity index (χ1n) is 15.3. The fraction of sp³-hybridized carbons (Fsp3) is 0.529. The largest absolute Gasteiger partial charge is 0.217 e. The minimum atomic E-state index is 0.730. The van der Waals surface area contributed by atoms with E-state index in [0.717, 1.165) is 27.5 Å². The fourth-order valence-corrected chi connectivity index (χ4v) is 6.98. The monoisotopic (exact) mass is 527 g/mol. The predicted molar refractivity (Wildman–Crippen MR) is 163 cm³/mol. The molecule has 1 saturated carbocycles. The zero-order valence-electron chi connectivity index (χ0n) is 23.5. The number of benzene rings is 2. The highest BCUT2D eigenvalue weighted by Gasteiger charge is 2.22. The molecule has 3 nitrogen and oxygen atoms in total. The molecule has 0 bridgehead atoms. The van der Waals surface area contributed by atoms with Crippen LogP contribution in [0.15, 0.2) is 54.7 Å². The van der Waals surface area contributed by atoms with Crippen LogP contribution in [0.5, 0.6) is 0 Å². The van der Waals surface area contributed by atoms with Crippen LogP contribution in [-0.4, -0.2) is 14.6 Å². The molecule has 38 heavy (non-hydrogen) atoms. The molecule has 0 saturated heterocycles. The molecule has 202 valence electrons. The summed E-state index contributed by atoms with van der Waals surface area (Å²) in [5.41, 5.74) is 6.31. The first kappa shape index (κ1) is 27.1. The van der Waals surface area contributed by atoms with E-state index >= 15 is 0 Å². The molecule has 1 aliphatic rings. The average molecular weight is 528 g/mol. The normalized spacial score (nSPS) is 17.8. The van der Waals surface area contributed by atoms with Crippen LogP contribution in [0.25, 0.3) is 26.8 Å². The van der Waals surface area contributed by atoms with Crippen LogP contribution < -0.4 is 0 Å². The van der Waals surface area contributed by atoms with Gasteiger partial charge in [-0.25, -0.2) is 9.50 Å². The Morgan fingerprint density at radius 2 is 1.45 bits per heavy atom. The summed E-state index contributed by atoms with van der Waals surface area (Å²) in [7, 11) is 0. The van der Waals surface area contributed by atoms with E-state index in [0.29, 0.717) is 0 Å². The molecular formula is C34H45N3S. The van der Waals surface area contributed by atoms with Crippen molar-refractivity contribution in [2.24, 2.45) is 5.92 Å². The maximum atomic E-state index is 4.92. The summed E-state index contributed by atoms with van der Waals surface area (Å²) < 4.78 is 1.95. The number of imidazole rings is 1. The summed E-state index contributed by atoms with van der Waals surface area (Å²) in [4.78, 5) is 5.88. The van der Waals surface area contributed by atoms with E-state index in [1.54, 1.807) is 11.3 Å². The molecule has 0 N–H and O–H groups in total. The van der Waals surface area contributed by atoms with Crippen LogP contribution in [0.3, 0.4) is 0 Å². The number of hydrogen-bond donors (Lipinski definition) is 0. The van der Waals surface area contributed by atoms with Gasteiger partial charge in [-0.2, -0.15) is 5.10 Å². The quantitative estimate of drug-likeness (QED) is 0.162. The third-order valence-electron chi connectivity index (χ3n) is 8.55. The average Bonchev–Trinajstić information content (AvgIpc) is 3.54. The van der Waals surface area contributed by atoms with Crippen LogP contribution >= 0.6 is 11.3 Å². The van der Waals surface area contributed by atoms with E-state index in [9.17, 15) is 0 Å². The van der Waals surface area contributed by atoms with Gasteiger partial charge >= 0.3 is 0 Å². The van der Waals surface area contributed by atoms with E-state index in [-0.39, 0.29) is 0 Å². The molecule has 1 aliphatic carbocycles. The van der Waals surface area contributed by atoms with Crippen LogP contribution in [0.2, 0.25) is 0 Å². The smallest absolute Gasteiger partial charge is 0.213 e. The molecule has 0 radical (unpaired) electrons. The maximum Gasteiger partial charge on any atom is 0.213 e. The van der Waals surface area contributed by atoms with Crippen molar-refractivity contribution in [3.05, 3.63) is 65.9 Å². The maximum absolute atomic E-state index is 4.92. The summed E-state index contributed by atoms with van der Waals surface area (Å²) in [5.74, 6) is 1.69. The topological polar surface area (TPSA) is 30.2 Å². The highest BCUT2D eigenvalue weighted by Crippen LogP contribution is 2.38. The first-order chi connectivity index (χ1) is 18.7. The van der Waals surface area contributed by atoms with Gasteiger partial charge in [-0.3, -0.25) is 0 Å². The van der Waals surface area contributed by atoms with E-state index in [2.05, 4.69) is 68.6 Å². The second-order valence-electron chi connectivity index (χ2n) is 11.5. The van der Waals surface area contributed by atoms with Crippen LogP contribution in [-0.2, 0) is 6.42 Å². The molecule has 0 amide bonds. The van der Waals surface area contributed by atoms with Crippen molar-refractivity contribution in [2.45, 2.75) is 110 Å². The lowest BCUT2D eigenvalue weighted by Crippen LogP contribution is -2.13. The van der Waals surface area contributed by atoms with Gasteiger partial charge in [0.15, 0.2) is 0 Å². The Kier molecular flexibility index (Phi) is 9.67. The number of unbranched alkanes of at least 4 members (excludes halogenated alkanes) is 6. The summed E-state index contributed by atoms with van der Waals surface area (Å²) in [5, 5.41) is 5.89. The Labute approximate surface area is 233 Å². The lowest BCUT2D eigenvalue weighted by atomic mass is 9.77. The van der Waals surface area contributed by atoms with Crippen molar-refractivity contribution in [1.82, 2.24) is 14.6 Å². The van der Waals surface area contributed by atoms with E-state index in [4.69, 9.17) is 10.1 Å². The number of fused-ring (bicyclic) bond motifs is 1. The molecule has 0 atom stereocenters. The lowest BCUT2D eigenvalue weighted by molar-refractivity contribution is 0.303. The van der Waals surface area contributed by atoms with Gasteiger partial charge < -0.3 is 0 Å². The molecule has 0 aliphatic heterocycles. The van der Waals surface area contributed by atoms with Crippen molar-refractivity contribution in [2.75, 3.05) is 0 Å². The molecule has 4 aromatic rings. The number of aromatic nitrogens is 3. The first-order valence-corrected chi connectivity index (χ1v) is 16.1. The van der Waals surface area contributed by atoms with E-state index in [1.165, 1.54) is 112 Å². The van der Waals surface area contributed by atoms with Crippen LogP contribution in [0.1, 0.15) is 114 Å². The minimum Gasteiger partial charge on any atom is -0.217 e. The van der Waals surface area contributed by atoms with Crippen LogP contribution in [0.4, 0.5) is 0 Å². The molecule has 2 heterocycles. The van der Waals surface area contributed by atoms with E-state index < -0.39 is 0 Å². The van der Waals surface area contributed by atoms with Gasteiger partial charge in [0.2, 0.25) is 4.96 Å². The molecule has 4 heteroatoms. The molecule has 2 aromatic heterocycles. The van der Waals surface area contributed by atoms with Gasteiger partial charge in [-0.15, -0.1) is 0 Å². The molecule has 1 fully saturated rings. The number of nitrogens with zero attached hydrogens (tertiary/aromatic N) is 3. The third kappa shape index (κ3) is 6.94. The van der Waals surface area contributed by atoms with Crippen molar-refractivity contribution in [3.63, 3.8) is 0 Å². The standard InChI is InChI=1S/C34H45N3S/c1-3-5-7-8-10-12-27-15-19-31(20-16-27)33-36-37-25-32(35-34(37)38-33)30-23-21-29(22-24-30)28-17-13-26(14-18-28)11-9-6-4-2/h15-16,19-26,28H,3-14,17-18H2,1-2H3. The zero-order chi connectivity index (χ0) is 26.2. The molecular weight excluding hydrogens is 482 g/mol. The van der Waals surface area contributed by atoms with E-state index in [1.807, 2.05) is 4.52 Å². The summed E-state index contributed by atoms with van der Waals surface area (Å²) in [6.45, 7) is 4.57. The van der Waals surface area contributed by atoms with Gasteiger partial charge in [-0.05, 0) is 61.5 Å².